The minimum absolute atomic E-state index is 0.259. The zero-order valence-corrected chi connectivity index (χ0v) is 18.1. The predicted octanol–water partition coefficient (Wildman–Crippen LogP) is 2.28. The average Bonchev–Trinajstić information content (AvgIpc) is 3.12. The van der Waals surface area contributed by atoms with Gasteiger partial charge in [-0.25, -0.2) is 14.5 Å². The molecule has 0 spiro atoms. The highest BCUT2D eigenvalue weighted by atomic mass is 35.5. The maximum Gasteiger partial charge on any atom is 0.336 e. The Morgan fingerprint density at radius 2 is 1.97 bits per heavy atom. The van der Waals surface area contributed by atoms with Crippen molar-refractivity contribution >= 4 is 28.9 Å². The Labute approximate surface area is 180 Å². The summed E-state index contributed by atoms with van der Waals surface area (Å²) >= 11 is 6.57. The molecule has 0 aromatic carbocycles. The number of ether oxygens (including phenoxy) is 1. The molecule has 0 atom stereocenters. The van der Waals surface area contributed by atoms with Gasteiger partial charge in [-0.1, -0.05) is 24.9 Å². The molecule has 0 radical (unpaired) electrons. The second kappa shape index (κ2) is 9.01. The highest BCUT2D eigenvalue weighted by Crippen LogP contribution is 2.26. The third kappa shape index (κ3) is 4.41. The first-order valence-electron chi connectivity index (χ1n) is 10.3. The molecule has 0 bridgehead atoms. The number of hydrogen-bond acceptors (Lipinski definition) is 8. The topological polar surface area (TPSA) is 97.7 Å². The summed E-state index contributed by atoms with van der Waals surface area (Å²) in [6.07, 6.45) is 6.15. The molecule has 0 unspecified atom stereocenters. The number of likely N-dealkylation sites (N-methyl/N-ethyl adjacent to an activating group) is 1. The number of unbranched alkanes of at least 4 members (excludes halogenated alkanes) is 1. The Kier molecular flexibility index (Phi) is 6.19. The molecule has 9 nitrogen and oxygen atoms in total. The number of rotatable bonds is 7. The maximum atomic E-state index is 6.57. The Hall–Kier alpha value is -2.65. The van der Waals surface area contributed by atoms with E-state index in [0.717, 1.165) is 56.1 Å². The number of nitrogen functional groups attached to an aromatic ring is 1. The van der Waals surface area contributed by atoms with E-state index >= 15 is 0 Å². The van der Waals surface area contributed by atoms with Gasteiger partial charge in [-0.05, 0) is 25.1 Å². The number of imidazole rings is 1. The van der Waals surface area contributed by atoms with Gasteiger partial charge in [0.25, 0.3) is 0 Å². The van der Waals surface area contributed by atoms with Gasteiger partial charge in [-0.15, -0.1) is 5.10 Å². The lowest BCUT2D eigenvalue weighted by Gasteiger charge is -2.33. The summed E-state index contributed by atoms with van der Waals surface area (Å²) in [6, 6.07) is 2.22. The Morgan fingerprint density at radius 3 is 2.70 bits per heavy atom. The molecule has 1 fully saturated rings. The van der Waals surface area contributed by atoms with E-state index in [9.17, 15) is 0 Å². The van der Waals surface area contributed by atoms with Crippen LogP contribution in [0, 0.1) is 0 Å². The number of pyridine rings is 1. The normalized spacial score (nSPS) is 15.1. The van der Waals surface area contributed by atoms with Gasteiger partial charge in [0.05, 0.1) is 23.5 Å². The van der Waals surface area contributed by atoms with Crippen molar-refractivity contribution in [2.45, 2.75) is 26.2 Å². The fourth-order valence-electron chi connectivity index (χ4n) is 3.44. The Balaban J connectivity index is 1.54. The number of hydrogen-bond donors (Lipinski definition) is 1. The van der Waals surface area contributed by atoms with E-state index in [1.807, 2.05) is 12.3 Å². The zero-order chi connectivity index (χ0) is 21.1. The van der Waals surface area contributed by atoms with E-state index in [2.05, 4.69) is 43.8 Å². The number of halogens is 1. The molecule has 0 aliphatic carbocycles. The summed E-state index contributed by atoms with van der Waals surface area (Å²) in [5, 5.41) is 5.12. The van der Waals surface area contributed by atoms with Crippen LogP contribution in [0.1, 0.15) is 31.0 Å². The second-order valence-electron chi connectivity index (χ2n) is 7.58. The molecular formula is C20H27ClN8O. The van der Waals surface area contributed by atoms with Gasteiger partial charge in [0.1, 0.15) is 5.82 Å². The van der Waals surface area contributed by atoms with Crippen molar-refractivity contribution in [3.8, 4) is 6.01 Å². The molecule has 3 aromatic heterocycles. The third-order valence-electron chi connectivity index (χ3n) is 5.23. The highest BCUT2D eigenvalue weighted by Gasteiger charge is 2.19. The standard InChI is InChI=1S/C20H27ClN8O/c1-3-4-9-30-20-25-17(22)19-24-13-15(29(19)26-20)10-14-11-16(21)18(23-12-14)28-7-5-27(2)6-8-28/h11-13H,3-10H2,1-2H3,(H2,22,25,26). The van der Waals surface area contributed by atoms with E-state index in [1.54, 1.807) is 10.7 Å². The SMILES string of the molecule is CCCCOc1nc(N)c2ncc(Cc3cnc(N4CCN(C)CC4)c(Cl)c3)n2n1. The average molecular weight is 431 g/mol. The molecular weight excluding hydrogens is 404 g/mol. The van der Waals surface area contributed by atoms with Crippen molar-refractivity contribution in [1.29, 1.82) is 0 Å². The largest absolute Gasteiger partial charge is 0.462 e. The molecule has 3 aromatic rings. The first kappa shape index (κ1) is 20.6. The molecule has 1 saturated heterocycles. The van der Waals surface area contributed by atoms with E-state index in [4.69, 9.17) is 22.1 Å². The Morgan fingerprint density at radius 1 is 1.17 bits per heavy atom. The van der Waals surface area contributed by atoms with Crippen molar-refractivity contribution in [3.05, 3.63) is 34.7 Å². The smallest absolute Gasteiger partial charge is 0.336 e. The van der Waals surface area contributed by atoms with Crippen LogP contribution in [0.5, 0.6) is 6.01 Å². The lowest BCUT2D eigenvalue weighted by Crippen LogP contribution is -2.44. The summed E-state index contributed by atoms with van der Waals surface area (Å²) < 4.78 is 7.31. The summed E-state index contributed by atoms with van der Waals surface area (Å²) in [5.41, 5.74) is 8.40. The van der Waals surface area contributed by atoms with Crippen LogP contribution in [-0.4, -0.2) is 69.3 Å². The fraction of sp³-hybridized carbons (Fsp3) is 0.500. The summed E-state index contributed by atoms with van der Waals surface area (Å²) in [6.45, 7) is 6.51. The van der Waals surface area contributed by atoms with Gasteiger partial charge >= 0.3 is 6.01 Å². The van der Waals surface area contributed by atoms with Gasteiger partial charge in [-0.2, -0.15) is 4.98 Å². The molecule has 1 aliphatic heterocycles. The summed E-state index contributed by atoms with van der Waals surface area (Å²) in [5.74, 6) is 1.13. The highest BCUT2D eigenvalue weighted by molar-refractivity contribution is 6.33. The number of piperazine rings is 1. The number of aromatic nitrogens is 5. The third-order valence-corrected chi connectivity index (χ3v) is 5.51. The quantitative estimate of drug-likeness (QED) is 0.570. The van der Waals surface area contributed by atoms with Crippen molar-refractivity contribution in [2.24, 2.45) is 0 Å². The molecule has 10 heteroatoms. The maximum absolute atomic E-state index is 6.57. The van der Waals surface area contributed by atoms with Crippen LogP contribution in [0.2, 0.25) is 5.02 Å². The van der Waals surface area contributed by atoms with Crippen molar-refractivity contribution < 1.29 is 4.74 Å². The zero-order valence-electron chi connectivity index (χ0n) is 17.4. The minimum atomic E-state index is 0.259. The van der Waals surface area contributed by atoms with E-state index < -0.39 is 0 Å². The summed E-state index contributed by atoms with van der Waals surface area (Å²) in [4.78, 5) is 17.7. The lowest BCUT2D eigenvalue weighted by molar-refractivity contribution is 0.280. The second-order valence-corrected chi connectivity index (χ2v) is 7.99. The molecule has 4 heterocycles. The predicted molar refractivity (Wildman–Crippen MR) is 117 cm³/mol. The number of nitrogens with zero attached hydrogens (tertiary/aromatic N) is 7. The minimum Gasteiger partial charge on any atom is -0.462 e. The van der Waals surface area contributed by atoms with Crippen LogP contribution < -0.4 is 15.4 Å². The van der Waals surface area contributed by atoms with Gasteiger partial charge < -0.3 is 20.3 Å². The molecule has 2 N–H and O–H groups in total. The van der Waals surface area contributed by atoms with E-state index in [0.29, 0.717) is 29.5 Å². The molecule has 4 rings (SSSR count). The molecule has 0 saturated carbocycles. The fourth-order valence-corrected chi connectivity index (χ4v) is 3.75. The summed E-state index contributed by atoms with van der Waals surface area (Å²) in [7, 11) is 2.13. The lowest BCUT2D eigenvalue weighted by atomic mass is 10.1. The van der Waals surface area contributed by atoms with Crippen LogP contribution in [0.15, 0.2) is 18.5 Å². The first-order chi connectivity index (χ1) is 14.5. The first-order valence-corrected chi connectivity index (χ1v) is 10.6. The number of fused-ring (bicyclic) bond motifs is 1. The van der Waals surface area contributed by atoms with Crippen LogP contribution in [0.3, 0.4) is 0 Å². The molecule has 1 aliphatic rings. The van der Waals surface area contributed by atoms with Gasteiger partial charge in [-0.3, -0.25) is 0 Å². The van der Waals surface area contributed by atoms with Crippen LogP contribution in [0.4, 0.5) is 11.6 Å². The van der Waals surface area contributed by atoms with Crippen molar-refractivity contribution in [3.63, 3.8) is 0 Å². The molecule has 160 valence electrons. The number of nitrogens with two attached hydrogens (primary N) is 1. The van der Waals surface area contributed by atoms with Gasteiger partial charge in [0.2, 0.25) is 0 Å². The number of anilines is 2. The van der Waals surface area contributed by atoms with Gasteiger partial charge in [0.15, 0.2) is 11.5 Å². The monoisotopic (exact) mass is 430 g/mol. The van der Waals surface area contributed by atoms with E-state index in [1.165, 1.54) is 0 Å². The van der Waals surface area contributed by atoms with Crippen LogP contribution >= 0.6 is 11.6 Å². The van der Waals surface area contributed by atoms with Crippen molar-refractivity contribution in [2.75, 3.05) is 50.5 Å². The van der Waals surface area contributed by atoms with Crippen molar-refractivity contribution in [1.82, 2.24) is 29.5 Å². The van der Waals surface area contributed by atoms with Gasteiger partial charge in [0, 0.05) is 38.8 Å². The molecule has 30 heavy (non-hydrogen) atoms. The van der Waals surface area contributed by atoms with Crippen LogP contribution in [-0.2, 0) is 6.42 Å². The Bertz CT molecular complexity index is 1020. The van der Waals surface area contributed by atoms with Crippen LogP contribution in [0.25, 0.3) is 5.65 Å². The van der Waals surface area contributed by atoms with E-state index in [-0.39, 0.29) is 6.01 Å². The molecule has 0 amide bonds.